The maximum atomic E-state index is 12.6. The standard InChI is InChI=1S/C16H23NO4/c18-14-12-3-1-2-4-13(12)15(19)17(14)11-5-7-16(8-6-11)20-9-10-21-16/h11-13H,1-10H2. The second-order valence-electron chi connectivity index (χ2n) is 6.88. The van der Waals surface area contributed by atoms with Crippen LogP contribution in [0.3, 0.4) is 0 Å². The Labute approximate surface area is 125 Å². The molecule has 2 heterocycles. The molecule has 2 saturated heterocycles. The molecule has 116 valence electrons. The highest BCUT2D eigenvalue weighted by Crippen LogP contribution is 2.43. The molecular weight excluding hydrogens is 270 g/mol. The second-order valence-corrected chi connectivity index (χ2v) is 6.88. The van der Waals surface area contributed by atoms with Gasteiger partial charge in [0.1, 0.15) is 0 Å². The first-order valence-electron chi connectivity index (χ1n) is 8.35. The Kier molecular flexibility index (Phi) is 3.30. The highest BCUT2D eigenvalue weighted by Gasteiger charge is 2.52. The zero-order chi connectivity index (χ0) is 14.4. The van der Waals surface area contributed by atoms with E-state index >= 15 is 0 Å². The summed E-state index contributed by atoms with van der Waals surface area (Å²) in [5.74, 6) is -0.283. The molecular formula is C16H23NO4. The predicted octanol–water partition coefficient (Wildman–Crippen LogP) is 1.85. The number of amides is 2. The first-order valence-corrected chi connectivity index (χ1v) is 8.35. The van der Waals surface area contributed by atoms with Crippen molar-refractivity contribution in [3.05, 3.63) is 0 Å². The molecule has 2 aliphatic carbocycles. The van der Waals surface area contributed by atoms with Crippen LogP contribution >= 0.6 is 0 Å². The Bertz CT molecular complexity index is 423. The van der Waals surface area contributed by atoms with Gasteiger partial charge in [-0.2, -0.15) is 0 Å². The molecule has 4 rings (SSSR count). The van der Waals surface area contributed by atoms with Crippen LogP contribution in [0.25, 0.3) is 0 Å². The number of nitrogens with zero attached hydrogens (tertiary/aromatic N) is 1. The summed E-state index contributed by atoms with van der Waals surface area (Å²) in [6.45, 7) is 1.33. The molecule has 0 bridgehead atoms. The summed E-state index contributed by atoms with van der Waals surface area (Å²) in [6, 6.07) is 0.0639. The van der Waals surface area contributed by atoms with Crippen LogP contribution in [0.15, 0.2) is 0 Å². The summed E-state index contributed by atoms with van der Waals surface area (Å²) in [7, 11) is 0. The minimum atomic E-state index is -0.422. The molecule has 0 N–H and O–H groups in total. The molecule has 0 aromatic rings. The summed E-state index contributed by atoms with van der Waals surface area (Å²) in [5, 5.41) is 0. The van der Waals surface area contributed by atoms with Crippen molar-refractivity contribution in [3.8, 4) is 0 Å². The minimum absolute atomic E-state index is 0.0267. The van der Waals surface area contributed by atoms with Crippen molar-refractivity contribution in [3.63, 3.8) is 0 Å². The summed E-state index contributed by atoms with van der Waals surface area (Å²) in [4.78, 5) is 26.8. The molecule has 0 aromatic carbocycles. The van der Waals surface area contributed by atoms with Crippen LogP contribution in [0.4, 0.5) is 0 Å². The zero-order valence-electron chi connectivity index (χ0n) is 12.4. The molecule has 2 unspecified atom stereocenters. The Morgan fingerprint density at radius 3 is 1.90 bits per heavy atom. The Hall–Kier alpha value is -0.940. The number of likely N-dealkylation sites (tertiary alicyclic amines) is 1. The zero-order valence-corrected chi connectivity index (χ0v) is 12.4. The molecule has 5 heteroatoms. The fraction of sp³-hybridized carbons (Fsp3) is 0.875. The van der Waals surface area contributed by atoms with Crippen molar-refractivity contribution < 1.29 is 19.1 Å². The minimum Gasteiger partial charge on any atom is -0.348 e. The Balaban J connectivity index is 1.47. The SMILES string of the molecule is O=C1C2CCCCC2C(=O)N1C1CCC2(CC1)OCCO2. The van der Waals surface area contributed by atoms with Gasteiger partial charge in [0.2, 0.25) is 11.8 Å². The van der Waals surface area contributed by atoms with Gasteiger partial charge in [-0.05, 0) is 25.7 Å². The summed E-state index contributed by atoms with van der Waals surface area (Å²) < 4.78 is 11.5. The number of hydrogen-bond acceptors (Lipinski definition) is 4. The van der Waals surface area contributed by atoms with E-state index in [1.165, 1.54) is 0 Å². The lowest BCUT2D eigenvalue weighted by molar-refractivity contribution is -0.185. The van der Waals surface area contributed by atoms with Crippen molar-refractivity contribution in [1.82, 2.24) is 4.90 Å². The molecule has 0 aromatic heterocycles. The van der Waals surface area contributed by atoms with Crippen molar-refractivity contribution in [1.29, 1.82) is 0 Å². The van der Waals surface area contributed by atoms with Gasteiger partial charge in [-0.3, -0.25) is 14.5 Å². The number of carbonyl (C=O) groups is 2. The van der Waals surface area contributed by atoms with Crippen molar-refractivity contribution in [2.24, 2.45) is 11.8 Å². The molecule has 2 atom stereocenters. The number of ether oxygens (including phenoxy) is 2. The highest BCUT2D eigenvalue weighted by atomic mass is 16.7. The van der Waals surface area contributed by atoms with Gasteiger partial charge in [-0.15, -0.1) is 0 Å². The van der Waals surface area contributed by atoms with E-state index in [0.717, 1.165) is 51.4 Å². The predicted molar refractivity (Wildman–Crippen MR) is 74.2 cm³/mol. The molecule has 4 fully saturated rings. The molecule has 2 amide bonds. The number of hydrogen-bond donors (Lipinski definition) is 0. The lowest BCUT2D eigenvalue weighted by Crippen LogP contribution is -2.47. The van der Waals surface area contributed by atoms with Crippen LogP contribution in [0.1, 0.15) is 51.4 Å². The fourth-order valence-electron chi connectivity index (χ4n) is 4.63. The summed E-state index contributed by atoms with van der Waals surface area (Å²) in [5.41, 5.74) is 0. The third-order valence-corrected chi connectivity index (χ3v) is 5.77. The third kappa shape index (κ3) is 2.13. The van der Waals surface area contributed by atoms with Crippen LogP contribution in [0, 0.1) is 11.8 Å². The average Bonchev–Trinajstić information content (AvgIpc) is 3.06. The number of rotatable bonds is 1. The first-order chi connectivity index (χ1) is 10.2. The van der Waals surface area contributed by atoms with E-state index in [-0.39, 0.29) is 29.7 Å². The van der Waals surface area contributed by atoms with Crippen molar-refractivity contribution >= 4 is 11.8 Å². The van der Waals surface area contributed by atoms with Crippen LogP contribution in [0.5, 0.6) is 0 Å². The van der Waals surface area contributed by atoms with E-state index in [4.69, 9.17) is 9.47 Å². The maximum absolute atomic E-state index is 12.6. The Morgan fingerprint density at radius 2 is 1.38 bits per heavy atom. The van der Waals surface area contributed by atoms with E-state index in [2.05, 4.69) is 0 Å². The van der Waals surface area contributed by atoms with Gasteiger partial charge in [0.25, 0.3) is 0 Å². The third-order valence-electron chi connectivity index (χ3n) is 5.77. The molecule has 4 aliphatic rings. The van der Waals surface area contributed by atoms with Gasteiger partial charge in [-0.25, -0.2) is 0 Å². The molecule has 0 radical (unpaired) electrons. The van der Waals surface area contributed by atoms with E-state index in [1.807, 2.05) is 0 Å². The monoisotopic (exact) mass is 293 g/mol. The van der Waals surface area contributed by atoms with Crippen LogP contribution in [-0.2, 0) is 19.1 Å². The van der Waals surface area contributed by atoms with Crippen LogP contribution < -0.4 is 0 Å². The quantitative estimate of drug-likeness (QED) is 0.692. The molecule has 5 nitrogen and oxygen atoms in total. The van der Waals surface area contributed by atoms with E-state index in [0.29, 0.717) is 13.2 Å². The molecule has 2 aliphatic heterocycles. The first kappa shape index (κ1) is 13.7. The number of imide groups is 1. The topological polar surface area (TPSA) is 55.8 Å². The van der Waals surface area contributed by atoms with Crippen LogP contribution in [0.2, 0.25) is 0 Å². The molecule has 2 saturated carbocycles. The molecule has 1 spiro atoms. The molecule has 21 heavy (non-hydrogen) atoms. The van der Waals surface area contributed by atoms with Gasteiger partial charge in [0.15, 0.2) is 5.79 Å². The lowest BCUT2D eigenvalue weighted by Gasteiger charge is -2.38. The van der Waals surface area contributed by atoms with Crippen molar-refractivity contribution in [2.45, 2.75) is 63.2 Å². The highest BCUT2D eigenvalue weighted by molar-refractivity contribution is 6.05. The second kappa shape index (κ2) is 5.06. The number of fused-ring (bicyclic) bond motifs is 1. The average molecular weight is 293 g/mol. The van der Waals surface area contributed by atoms with Gasteiger partial charge in [0.05, 0.1) is 25.0 Å². The van der Waals surface area contributed by atoms with Gasteiger partial charge in [-0.1, -0.05) is 12.8 Å². The van der Waals surface area contributed by atoms with E-state index in [1.54, 1.807) is 4.90 Å². The normalized spacial score (nSPS) is 36.5. The maximum Gasteiger partial charge on any atom is 0.233 e. The van der Waals surface area contributed by atoms with E-state index in [9.17, 15) is 9.59 Å². The van der Waals surface area contributed by atoms with Gasteiger partial charge >= 0.3 is 0 Å². The van der Waals surface area contributed by atoms with Gasteiger partial charge in [0, 0.05) is 18.9 Å². The lowest BCUT2D eigenvalue weighted by atomic mass is 9.81. The fourth-order valence-corrected chi connectivity index (χ4v) is 4.63. The Morgan fingerprint density at radius 1 is 0.857 bits per heavy atom. The summed E-state index contributed by atoms with van der Waals surface area (Å²) >= 11 is 0. The number of carbonyl (C=O) groups excluding carboxylic acids is 2. The largest absolute Gasteiger partial charge is 0.348 e. The van der Waals surface area contributed by atoms with Crippen LogP contribution in [-0.4, -0.2) is 41.8 Å². The smallest absolute Gasteiger partial charge is 0.233 e. The van der Waals surface area contributed by atoms with Crippen molar-refractivity contribution in [2.75, 3.05) is 13.2 Å². The summed E-state index contributed by atoms with van der Waals surface area (Å²) in [6.07, 6.45) is 7.19. The van der Waals surface area contributed by atoms with E-state index < -0.39 is 5.79 Å². The van der Waals surface area contributed by atoms with Gasteiger partial charge < -0.3 is 9.47 Å².